The zero-order chi connectivity index (χ0) is 17.9. The SMILES string of the molecule is CN(Cc1cccc(Nc2nc(C(C)(C)C)ns2)c1)Cc1cscn1. The van der Waals surface area contributed by atoms with Crippen LogP contribution in [-0.2, 0) is 18.5 Å². The average Bonchev–Trinajstić information content (AvgIpc) is 3.18. The molecule has 0 aliphatic carbocycles. The summed E-state index contributed by atoms with van der Waals surface area (Å²) in [6, 6.07) is 8.43. The van der Waals surface area contributed by atoms with Gasteiger partial charge in [-0.1, -0.05) is 32.9 Å². The molecule has 0 aliphatic rings. The zero-order valence-corrected chi connectivity index (χ0v) is 16.6. The summed E-state index contributed by atoms with van der Waals surface area (Å²) in [5.74, 6) is 0.874. The molecule has 0 saturated carbocycles. The molecule has 0 bridgehead atoms. The van der Waals surface area contributed by atoms with E-state index in [0.29, 0.717) is 0 Å². The summed E-state index contributed by atoms with van der Waals surface area (Å²) in [7, 11) is 2.11. The van der Waals surface area contributed by atoms with Crippen molar-refractivity contribution >= 4 is 33.7 Å². The molecule has 0 unspecified atom stereocenters. The van der Waals surface area contributed by atoms with Gasteiger partial charge in [-0.15, -0.1) is 11.3 Å². The molecule has 7 heteroatoms. The van der Waals surface area contributed by atoms with E-state index in [9.17, 15) is 0 Å². The van der Waals surface area contributed by atoms with Crippen molar-refractivity contribution in [2.75, 3.05) is 12.4 Å². The number of nitrogens with one attached hydrogen (secondary N) is 1. The fourth-order valence-electron chi connectivity index (χ4n) is 2.41. The largest absolute Gasteiger partial charge is 0.330 e. The van der Waals surface area contributed by atoms with E-state index in [0.717, 1.165) is 35.4 Å². The monoisotopic (exact) mass is 373 g/mol. The molecule has 3 aromatic rings. The van der Waals surface area contributed by atoms with Crippen molar-refractivity contribution < 1.29 is 0 Å². The molecular weight excluding hydrogens is 350 g/mol. The molecule has 0 fully saturated rings. The van der Waals surface area contributed by atoms with Crippen LogP contribution in [0, 0.1) is 0 Å². The van der Waals surface area contributed by atoms with E-state index in [1.807, 2.05) is 5.51 Å². The zero-order valence-electron chi connectivity index (χ0n) is 15.0. The van der Waals surface area contributed by atoms with E-state index in [4.69, 9.17) is 0 Å². The second-order valence-electron chi connectivity index (χ2n) is 7.15. The van der Waals surface area contributed by atoms with Crippen LogP contribution in [-0.4, -0.2) is 26.3 Å². The topological polar surface area (TPSA) is 53.9 Å². The van der Waals surface area contributed by atoms with E-state index in [1.165, 1.54) is 17.1 Å². The number of nitrogens with zero attached hydrogens (tertiary/aromatic N) is 4. The predicted octanol–water partition coefficient (Wildman–Crippen LogP) is 4.67. The lowest BCUT2D eigenvalue weighted by molar-refractivity contribution is 0.316. The van der Waals surface area contributed by atoms with Gasteiger partial charge in [-0.3, -0.25) is 4.90 Å². The summed E-state index contributed by atoms with van der Waals surface area (Å²) in [6.45, 7) is 8.09. The lowest BCUT2D eigenvalue weighted by Crippen LogP contribution is -2.17. The van der Waals surface area contributed by atoms with Crippen molar-refractivity contribution in [3.8, 4) is 0 Å². The Balaban J connectivity index is 1.64. The van der Waals surface area contributed by atoms with Crippen molar-refractivity contribution in [3.63, 3.8) is 0 Å². The lowest BCUT2D eigenvalue weighted by atomic mass is 9.96. The minimum atomic E-state index is -0.0311. The van der Waals surface area contributed by atoms with Crippen molar-refractivity contribution in [3.05, 3.63) is 52.2 Å². The maximum atomic E-state index is 4.60. The van der Waals surface area contributed by atoms with Gasteiger partial charge in [-0.25, -0.2) is 9.97 Å². The van der Waals surface area contributed by atoms with Gasteiger partial charge in [-0.05, 0) is 24.7 Å². The third kappa shape index (κ3) is 5.07. The number of aromatic nitrogens is 3. The quantitative estimate of drug-likeness (QED) is 0.680. The Morgan fingerprint density at radius 2 is 2.04 bits per heavy atom. The van der Waals surface area contributed by atoms with Crippen LogP contribution in [0.25, 0.3) is 0 Å². The number of hydrogen-bond donors (Lipinski definition) is 1. The van der Waals surface area contributed by atoms with Crippen LogP contribution in [0.2, 0.25) is 0 Å². The van der Waals surface area contributed by atoms with E-state index in [-0.39, 0.29) is 5.41 Å². The van der Waals surface area contributed by atoms with Crippen molar-refractivity contribution in [1.29, 1.82) is 0 Å². The minimum Gasteiger partial charge on any atom is -0.330 e. The summed E-state index contributed by atoms with van der Waals surface area (Å²) in [6.07, 6.45) is 0. The Labute approximate surface area is 156 Å². The van der Waals surface area contributed by atoms with Crippen LogP contribution in [0.3, 0.4) is 0 Å². The number of anilines is 2. The first-order valence-corrected chi connectivity index (χ1v) is 9.87. The number of rotatable bonds is 6. The first-order valence-electron chi connectivity index (χ1n) is 8.16. The lowest BCUT2D eigenvalue weighted by Gasteiger charge is -2.16. The molecule has 1 aromatic carbocycles. The molecule has 5 nitrogen and oxygen atoms in total. The maximum absolute atomic E-state index is 4.60. The molecule has 0 aliphatic heterocycles. The molecule has 1 N–H and O–H groups in total. The minimum absolute atomic E-state index is 0.0311. The van der Waals surface area contributed by atoms with Crippen molar-refractivity contribution in [1.82, 2.24) is 19.2 Å². The smallest absolute Gasteiger partial charge is 0.207 e. The highest BCUT2D eigenvalue weighted by atomic mass is 32.1. The second-order valence-corrected chi connectivity index (χ2v) is 8.62. The second kappa shape index (κ2) is 7.59. The molecule has 25 heavy (non-hydrogen) atoms. The molecule has 132 valence electrons. The van der Waals surface area contributed by atoms with Gasteiger partial charge in [0.1, 0.15) is 5.82 Å². The highest BCUT2D eigenvalue weighted by molar-refractivity contribution is 7.09. The number of benzene rings is 1. The standard InChI is InChI=1S/C18H23N5S2/c1-18(2,3)16-21-17(25-22-16)20-14-7-5-6-13(8-14)9-23(4)10-15-11-24-12-19-15/h5-8,11-12H,9-10H2,1-4H3,(H,20,21,22). The fraction of sp³-hybridized carbons (Fsp3) is 0.389. The van der Waals surface area contributed by atoms with Gasteiger partial charge >= 0.3 is 0 Å². The fourth-order valence-corrected chi connectivity index (χ4v) is 3.74. The molecular formula is C18H23N5S2. The maximum Gasteiger partial charge on any atom is 0.207 e. The van der Waals surface area contributed by atoms with Gasteiger partial charge in [0.05, 0.1) is 11.2 Å². The third-order valence-corrected chi connectivity index (χ3v) is 4.91. The van der Waals surface area contributed by atoms with Gasteiger partial charge in [0.2, 0.25) is 5.13 Å². The number of thiazole rings is 1. The normalized spacial score (nSPS) is 11.9. The summed E-state index contributed by atoms with van der Waals surface area (Å²) < 4.78 is 4.45. The Hall–Kier alpha value is -1.83. The van der Waals surface area contributed by atoms with Crippen molar-refractivity contribution in [2.24, 2.45) is 0 Å². The van der Waals surface area contributed by atoms with Crippen LogP contribution in [0.4, 0.5) is 10.8 Å². The molecule has 2 aromatic heterocycles. The summed E-state index contributed by atoms with van der Waals surface area (Å²) in [4.78, 5) is 11.2. The summed E-state index contributed by atoms with van der Waals surface area (Å²) in [5.41, 5.74) is 5.25. The van der Waals surface area contributed by atoms with E-state index in [1.54, 1.807) is 11.3 Å². The van der Waals surface area contributed by atoms with Gasteiger partial charge in [-0.2, -0.15) is 4.37 Å². The van der Waals surface area contributed by atoms with Crippen molar-refractivity contribution in [2.45, 2.75) is 39.3 Å². The molecule has 0 saturated heterocycles. The Morgan fingerprint density at radius 1 is 1.20 bits per heavy atom. The molecule has 0 atom stereocenters. The van der Waals surface area contributed by atoms with Crippen LogP contribution in [0.15, 0.2) is 35.2 Å². The van der Waals surface area contributed by atoms with E-state index < -0.39 is 0 Å². The highest BCUT2D eigenvalue weighted by Gasteiger charge is 2.19. The van der Waals surface area contributed by atoms with Gasteiger partial charge in [0.25, 0.3) is 0 Å². The number of hydrogen-bond acceptors (Lipinski definition) is 7. The third-order valence-electron chi connectivity index (χ3n) is 3.64. The predicted molar refractivity (Wildman–Crippen MR) is 106 cm³/mol. The van der Waals surface area contributed by atoms with Crippen LogP contribution >= 0.6 is 22.9 Å². The van der Waals surface area contributed by atoms with Crippen LogP contribution < -0.4 is 5.32 Å². The molecule has 0 radical (unpaired) electrons. The van der Waals surface area contributed by atoms with Gasteiger partial charge in [0, 0.05) is 41.1 Å². The van der Waals surface area contributed by atoms with E-state index in [2.05, 4.69) is 82.0 Å². The molecule has 3 rings (SSSR count). The Bertz CT molecular complexity index is 805. The molecule has 0 spiro atoms. The van der Waals surface area contributed by atoms with Gasteiger partial charge < -0.3 is 5.32 Å². The van der Waals surface area contributed by atoms with Gasteiger partial charge in [0.15, 0.2) is 0 Å². The van der Waals surface area contributed by atoms with Crippen LogP contribution in [0.1, 0.15) is 37.9 Å². The van der Waals surface area contributed by atoms with Crippen LogP contribution in [0.5, 0.6) is 0 Å². The first kappa shape index (κ1) is 18.0. The highest BCUT2D eigenvalue weighted by Crippen LogP contribution is 2.25. The summed E-state index contributed by atoms with van der Waals surface area (Å²) in [5, 5.41) is 6.30. The first-order chi connectivity index (χ1) is 11.9. The average molecular weight is 374 g/mol. The van der Waals surface area contributed by atoms with E-state index >= 15 is 0 Å². The molecule has 0 amide bonds. The Morgan fingerprint density at radius 3 is 2.72 bits per heavy atom. The summed E-state index contributed by atoms with van der Waals surface area (Å²) >= 11 is 3.04. The Kier molecular flexibility index (Phi) is 5.46. The molecule has 2 heterocycles.